The summed E-state index contributed by atoms with van der Waals surface area (Å²) in [4.78, 5) is 0. The number of aliphatic hydroxyl groups is 2. The van der Waals surface area contributed by atoms with Crippen LogP contribution >= 0.6 is 0 Å². The lowest BCUT2D eigenvalue weighted by Gasteiger charge is -2.16. The van der Waals surface area contributed by atoms with Gasteiger partial charge < -0.3 is 10.2 Å². The Hall–Kier alpha value is -2.00. The Morgan fingerprint density at radius 3 is 1.34 bits per heavy atom. The predicted molar refractivity (Wildman–Crippen MR) is 140 cm³/mol. The summed E-state index contributed by atoms with van der Waals surface area (Å²) in [7, 11) is 0. The van der Waals surface area contributed by atoms with Crippen LogP contribution in [0, 0.1) is 23.7 Å². The van der Waals surface area contributed by atoms with Gasteiger partial charge in [0, 0.05) is 0 Å². The minimum atomic E-state index is -1.09. The summed E-state index contributed by atoms with van der Waals surface area (Å²) >= 11 is 0. The smallest absolute Gasteiger partial charge is 0.124 e. The monoisotopic (exact) mass is 438 g/mol. The molecule has 0 aromatic heterocycles. The Morgan fingerprint density at radius 1 is 0.688 bits per heavy atom. The van der Waals surface area contributed by atoms with Crippen LogP contribution in [0.4, 0.5) is 0 Å². The molecule has 178 valence electrons. The second kappa shape index (κ2) is 15.7. The molecule has 0 aliphatic heterocycles. The average molecular weight is 439 g/mol. The zero-order chi connectivity index (χ0) is 24.6. The summed E-state index contributed by atoms with van der Waals surface area (Å²) in [5.41, 5.74) is 2.80. The molecule has 0 rings (SSSR count). The fraction of sp³-hybridized carbons (Fsp3) is 0.600. The molecular weight excluding hydrogens is 392 g/mol. The maximum Gasteiger partial charge on any atom is 0.124 e. The number of hydrogen-bond donors (Lipinski definition) is 2. The highest BCUT2D eigenvalue weighted by molar-refractivity contribution is 5.32. The number of rotatable bonds is 14. The lowest BCUT2D eigenvalue weighted by atomic mass is 9.96. The van der Waals surface area contributed by atoms with Crippen molar-refractivity contribution in [2.45, 2.75) is 117 Å². The molecule has 2 unspecified atom stereocenters. The molecule has 0 amide bonds. The molecule has 2 N–H and O–H groups in total. The van der Waals surface area contributed by atoms with Gasteiger partial charge >= 0.3 is 0 Å². The van der Waals surface area contributed by atoms with Gasteiger partial charge in [0.2, 0.25) is 0 Å². The molecule has 2 heteroatoms. The first kappa shape index (κ1) is 30.0. The van der Waals surface area contributed by atoms with Crippen molar-refractivity contribution in [3.8, 4) is 23.7 Å². The van der Waals surface area contributed by atoms with Gasteiger partial charge in [-0.2, -0.15) is 0 Å². The summed E-state index contributed by atoms with van der Waals surface area (Å²) in [5, 5.41) is 21.0. The molecule has 2 nitrogen and oxygen atoms in total. The molecule has 0 aliphatic carbocycles. The maximum atomic E-state index is 10.5. The van der Waals surface area contributed by atoms with E-state index >= 15 is 0 Å². The van der Waals surface area contributed by atoms with Gasteiger partial charge in [-0.3, -0.25) is 0 Å². The summed E-state index contributed by atoms with van der Waals surface area (Å²) in [6.45, 7) is 19.6. The van der Waals surface area contributed by atoms with Crippen LogP contribution in [0.5, 0.6) is 0 Å². The third-order valence-electron chi connectivity index (χ3n) is 5.34. The van der Waals surface area contributed by atoms with E-state index in [4.69, 9.17) is 0 Å². The third-order valence-corrected chi connectivity index (χ3v) is 5.34. The highest BCUT2D eigenvalue weighted by Crippen LogP contribution is 2.18. The van der Waals surface area contributed by atoms with Crippen LogP contribution in [-0.4, -0.2) is 21.4 Å². The van der Waals surface area contributed by atoms with Crippen LogP contribution in [0.1, 0.15) is 106 Å². The Bertz CT molecular complexity index is 714. The first-order valence-electron chi connectivity index (χ1n) is 11.9. The van der Waals surface area contributed by atoms with E-state index in [0.29, 0.717) is 12.8 Å². The van der Waals surface area contributed by atoms with Crippen LogP contribution in [-0.2, 0) is 0 Å². The molecule has 0 bridgehead atoms. The highest BCUT2D eigenvalue weighted by atomic mass is 16.3. The standard InChI is InChI=1S/C30H46O2/c1-25(2)15-9-11-17-27(5)19-23-29(7,31)21-13-14-22-30(8,32)24-20-28(6)18-12-10-16-26(3)4/h17-18,31-32H,1,3,9-12,15-16,19-20,23-24H2,2,4-8H3. The van der Waals surface area contributed by atoms with Crippen molar-refractivity contribution in [2.24, 2.45) is 0 Å². The maximum absolute atomic E-state index is 10.5. The molecule has 0 aromatic rings. The molecule has 0 fully saturated rings. The van der Waals surface area contributed by atoms with E-state index in [-0.39, 0.29) is 0 Å². The summed E-state index contributed by atoms with van der Waals surface area (Å²) in [6, 6.07) is 0. The minimum absolute atomic E-state index is 0.566. The molecule has 0 heterocycles. The lowest BCUT2D eigenvalue weighted by Crippen LogP contribution is -2.22. The summed E-state index contributed by atoms with van der Waals surface area (Å²) < 4.78 is 0. The molecule has 0 radical (unpaired) electrons. The van der Waals surface area contributed by atoms with Crippen LogP contribution in [0.15, 0.2) is 47.6 Å². The van der Waals surface area contributed by atoms with Crippen molar-refractivity contribution in [1.82, 2.24) is 0 Å². The largest absolute Gasteiger partial charge is 0.378 e. The van der Waals surface area contributed by atoms with Gasteiger partial charge in [-0.05, 0) is 118 Å². The molecule has 0 saturated heterocycles. The highest BCUT2D eigenvalue weighted by Gasteiger charge is 2.17. The van der Waals surface area contributed by atoms with E-state index in [1.54, 1.807) is 13.8 Å². The third kappa shape index (κ3) is 18.7. The fourth-order valence-electron chi connectivity index (χ4n) is 3.05. The molecule has 0 saturated carbocycles. The molecule has 0 aromatic carbocycles. The lowest BCUT2D eigenvalue weighted by molar-refractivity contribution is 0.111. The molecule has 0 spiro atoms. The van der Waals surface area contributed by atoms with E-state index in [0.717, 1.165) is 51.4 Å². The van der Waals surface area contributed by atoms with Crippen molar-refractivity contribution in [2.75, 3.05) is 0 Å². The van der Waals surface area contributed by atoms with Crippen molar-refractivity contribution >= 4 is 0 Å². The Balaban J connectivity index is 4.52. The van der Waals surface area contributed by atoms with Gasteiger partial charge in [0.25, 0.3) is 0 Å². The van der Waals surface area contributed by atoms with Gasteiger partial charge in [-0.15, -0.1) is 13.2 Å². The van der Waals surface area contributed by atoms with Crippen LogP contribution in [0.2, 0.25) is 0 Å². The topological polar surface area (TPSA) is 40.5 Å². The van der Waals surface area contributed by atoms with Crippen molar-refractivity contribution in [3.63, 3.8) is 0 Å². The second-order valence-corrected chi connectivity index (χ2v) is 9.85. The zero-order valence-electron chi connectivity index (χ0n) is 21.5. The first-order valence-corrected chi connectivity index (χ1v) is 11.9. The van der Waals surface area contributed by atoms with Crippen molar-refractivity contribution < 1.29 is 10.2 Å². The van der Waals surface area contributed by atoms with E-state index in [2.05, 4.69) is 76.7 Å². The minimum Gasteiger partial charge on any atom is -0.378 e. The van der Waals surface area contributed by atoms with Gasteiger partial charge in [-0.1, -0.05) is 46.3 Å². The van der Waals surface area contributed by atoms with E-state index in [9.17, 15) is 10.2 Å². The van der Waals surface area contributed by atoms with Crippen LogP contribution in [0.25, 0.3) is 0 Å². The molecule has 0 aliphatic rings. The number of unbranched alkanes of at least 4 members (excludes halogenated alkanes) is 2. The quantitative estimate of drug-likeness (QED) is 0.168. The summed E-state index contributed by atoms with van der Waals surface area (Å²) in [6.07, 6.45) is 13.6. The molecule has 32 heavy (non-hydrogen) atoms. The molecular formula is C30H46O2. The van der Waals surface area contributed by atoms with Gasteiger partial charge in [0.1, 0.15) is 11.2 Å². The normalized spacial score (nSPS) is 15.5. The fourth-order valence-corrected chi connectivity index (χ4v) is 3.05. The Morgan fingerprint density at radius 2 is 1.03 bits per heavy atom. The second-order valence-electron chi connectivity index (χ2n) is 9.85. The number of hydrogen-bond acceptors (Lipinski definition) is 2. The Kier molecular flexibility index (Phi) is 14.8. The van der Waals surface area contributed by atoms with Crippen molar-refractivity contribution in [1.29, 1.82) is 0 Å². The van der Waals surface area contributed by atoms with Crippen molar-refractivity contribution in [3.05, 3.63) is 47.6 Å². The SMILES string of the molecule is C=C(C)CCCC=C(C)CCC(C)(O)C#CC#CC(C)(O)CCC(C)=CCCCC(=C)C. The number of allylic oxidation sites excluding steroid dienone is 6. The average Bonchev–Trinajstić information content (AvgIpc) is 2.69. The van der Waals surface area contributed by atoms with E-state index < -0.39 is 11.2 Å². The first-order chi connectivity index (χ1) is 14.8. The summed E-state index contributed by atoms with van der Waals surface area (Å²) in [5.74, 6) is 11.2. The van der Waals surface area contributed by atoms with Gasteiger partial charge in [0.05, 0.1) is 0 Å². The van der Waals surface area contributed by atoms with Crippen LogP contribution in [0.3, 0.4) is 0 Å². The zero-order valence-corrected chi connectivity index (χ0v) is 21.5. The van der Waals surface area contributed by atoms with Crippen LogP contribution < -0.4 is 0 Å². The van der Waals surface area contributed by atoms with Gasteiger partial charge in [0.15, 0.2) is 0 Å². The van der Waals surface area contributed by atoms with Gasteiger partial charge in [-0.25, -0.2) is 0 Å². The predicted octanol–water partition coefficient (Wildman–Crippen LogP) is 7.44. The van der Waals surface area contributed by atoms with E-state index in [1.807, 2.05) is 0 Å². The van der Waals surface area contributed by atoms with E-state index in [1.165, 1.54) is 22.3 Å². The molecule has 2 atom stereocenters. The Labute approximate surface area is 198 Å².